The highest BCUT2D eigenvalue weighted by atomic mass is 19.1. The number of nitrogens with one attached hydrogen (secondary N) is 1. The average Bonchev–Trinajstić information content (AvgIpc) is 2.76. The van der Waals surface area contributed by atoms with Crippen LogP contribution in [0.1, 0.15) is 16.1 Å². The highest BCUT2D eigenvalue weighted by Gasteiger charge is 2.16. The number of carbonyl (C=O) groups excluding carboxylic acids is 1. The first kappa shape index (κ1) is 13.0. The number of halogens is 2. The molecule has 100 valence electrons. The fraction of sp³-hybridized carbons (Fsp3) is 0.167. The molecule has 0 atom stereocenters. The van der Waals surface area contributed by atoms with Crippen LogP contribution in [0.25, 0.3) is 0 Å². The van der Waals surface area contributed by atoms with Gasteiger partial charge >= 0.3 is 0 Å². The van der Waals surface area contributed by atoms with Gasteiger partial charge in [-0.2, -0.15) is 5.10 Å². The number of hydrogen-bond donors (Lipinski definition) is 2. The molecule has 2 aromatic rings. The Kier molecular flexibility index (Phi) is 3.46. The summed E-state index contributed by atoms with van der Waals surface area (Å²) in [6.07, 6.45) is 1.71. The van der Waals surface area contributed by atoms with Crippen LogP contribution in [-0.4, -0.2) is 15.7 Å². The van der Waals surface area contributed by atoms with E-state index in [2.05, 4.69) is 10.4 Å². The van der Waals surface area contributed by atoms with E-state index in [0.717, 1.165) is 12.1 Å². The maximum atomic E-state index is 13.6. The Hall–Kier alpha value is -2.44. The molecule has 1 aromatic heterocycles. The predicted molar refractivity (Wildman–Crippen MR) is 65.1 cm³/mol. The lowest BCUT2D eigenvalue weighted by atomic mass is 10.1. The van der Waals surface area contributed by atoms with Gasteiger partial charge in [0.25, 0.3) is 5.91 Å². The van der Waals surface area contributed by atoms with Crippen molar-refractivity contribution in [3.8, 4) is 0 Å². The number of carbonyl (C=O) groups is 1. The zero-order valence-corrected chi connectivity index (χ0v) is 10.2. The number of nitrogens with zero attached hydrogens (tertiary/aromatic N) is 2. The summed E-state index contributed by atoms with van der Waals surface area (Å²) in [7, 11) is 1.73. The highest BCUT2D eigenvalue weighted by molar-refractivity contribution is 5.95. The second kappa shape index (κ2) is 5.05. The van der Waals surface area contributed by atoms with Crippen molar-refractivity contribution in [3.05, 3.63) is 47.3 Å². The molecule has 0 saturated carbocycles. The van der Waals surface area contributed by atoms with Gasteiger partial charge in [-0.05, 0) is 18.2 Å². The van der Waals surface area contributed by atoms with Crippen molar-refractivity contribution in [2.75, 3.05) is 5.73 Å². The fourth-order valence-electron chi connectivity index (χ4n) is 1.60. The molecular formula is C12H12F2N4O. The topological polar surface area (TPSA) is 72.9 Å². The van der Waals surface area contributed by atoms with Gasteiger partial charge < -0.3 is 11.1 Å². The molecule has 2 rings (SSSR count). The van der Waals surface area contributed by atoms with Crippen molar-refractivity contribution in [3.63, 3.8) is 0 Å². The fourth-order valence-corrected chi connectivity index (χ4v) is 1.60. The molecule has 0 spiro atoms. The highest BCUT2D eigenvalue weighted by Crippen LogP contribution is 2.17. The van der Waals surface area contributed by atoms with E-state index in [1.54, 1.807) is 24.0 Å². The third-order valence-electron chi connectivity index (χ3n) is 2.51. The molecule has 1 amide bonds. The van der Waals surface area contributed by atoms with Crippen LogP contribution in [-0.2, 0) is 13.6 Å². The maximum absolute atomic E-state index is 13.6. The van der Waals surface area contributed by atoms with Crippen molar-refractivity contribution < 1.29 is 13.6 Å². The predicted octanol–water partition coefficient (Wildman–Crippen LogP) is 1.21. The van der Waals surface area contributed by atoms with Crippen molar-refractivity contribution in [1.82, 2.24) is 15.1 Å². The van der Waals surface area contributed by atoms with Gasteiger partial charge in [0.15, 0.2) is 5.82 Å². The zero-order valence-electron chi connectivity index (χ0n) is 10.2. The van der Waals surface area contributed by atoms with E-state index in [1.807, 2.05) is 0 Å². The van der Waals surface area contributed by atoms with Crippen molar-refractivity contribution in [2.45, 2.75) is 6.54 Å². The Balaban J connectivity index is 2.12. The average molecular weight is 266 g/mol. The van der Waals surface area contributed by atoms with Gasteiger partial charge in [0.1, 0.15) is 5.82 Å². The molecule has 1 aromatic carbocycles. The standard InChI is InChI=1S/C12H12F2N4O/c1-18-3-2-8(17-18)6-16-12(19)9-4-7(13)5-10(15)11(9)14/h2-5H,6,15H2,1H3,(H,16,19). The molecule has 19 heavy (non-hydrogen) atoms. The van der Waals surface area contributed by atoms with E-state index in [-0.39, 0.29) is 6.54 Å². The van der Waals surface area contributed by atoms with Crippen LogP contribution >= 0.6 is 0 Å². The number of amides is 1. The molecule has 3 N–H and O–H groups in total. The Morgan fingerprint density at radius 3 is 2.84 bits per heavy atom. The Morgan fingerprint density at radius 1 is 1.47 bits per heavy atom. The van der Waals surface area contributed by atoms with Crippen LogP contribution in [0.2, 0.25) is 0 Å². The quantitative estimate of drug-likeness (QED) is 0.820. The lowest BCUT2D eigenvalue weighted by Gasteiger charge is -2.06. The lowest BCUT2D eigenvalue weighted by Crippen LogP contribution is -2.24. The van der Waals surface area contributed by atoms with E-state index < -0.39 is 28.8 Å². The van der Waals surface area contributed by atoms with E-state index in [1.165, 1.54) is 0 Å². The number of benzene rings is 1. The number of aromatic nitrogens is 2. The van der Waals surface area contributed by atoms with Crippen LogP contribution in [0.4, 0.5) is 14.5 Å². The van der Waals surface area contributed by atoms with Gasteiger partial charge in [-0.3, -0.25) is 9.48 Å². The van der Waals surface area contributed by atoms with Crippen LogP contribution in [0.5, 0.6) is 0 Å². The Bertz CT molecular complexity index is 624. The van der Waals surface area contributed by atoms with Gasteiger partial charge in [0.2, 0.25) is 0 Å². The molecule has 0 aliphatic heterocycles. The van der Waals surface area contributed by atoms with Gasteiger partial charge in [-0.25, -0.2) is 8.78 Å². The Morgan fingerprint density at radius 2 is 2.21 bits per heavy atom. The van der Waals surface area contributed by atoms with Crippen LogP contribution < -0.4 is 11.1 Å². The summed E-state index contributed by atoms with van der Waals surface area (Å²) in [4.78, 5) is 11.7. The monoisotopic (exact) mass is 266 g/mol. The minimum Gasteiger partial charge on any atom is -0.396 e. The largest absolute Gasteiger partial charge is 0.396 e. The first-order valence-corrected chi connectivity index (χ1v) is 5.48. The Labute approximate surface area is 108 Å². The van der Waals surface area contributed by atoms with Crippen molar-refractivity contribution in [1.29, 1.82) is 0 Å². The normalized spacial score (nSPS) is 10.5. The summed E-state index contributed by atoms with van der Waals surface area (Å²) in [6, 6.07) is 3.33. The molecule has 0 aliphatic carbocycles. The summed E-state index contributed by atoms with van der Waals surface area (Å²) >= 11 is 0. The number of hydrogen-bond acceptors (Lipinski definition) is 3. The number of rotatable bonds is 3. The summed E-state index contributed by atoms with van der Waals surface area (Å²) in [6.45, 7) is 0.121. The molecule has 0 bridgehead atoms. The third kappa shape index (κ3) is 2.87. The second-order valence-electron chi connectivity index (χ2n) is 4.02. The summed E-state index contributed by atoms with van der Waals surface area (Å²) in [5, 5.41) is 6.49. The second-order valence-corrected chi connectivity index (χ2v) is 4.02. The van der Waals surface area contributed by atoms with Gasteiger partial charge in [-0.15, -0.1) is 0 Å². The maximum Gasteiger partial charge on any atom is 0.254 e. The van der Waals surface area contributed by atoms with Crippen LogP contribution in [0.15, 0.2) is 24.4 Å². The minimum absolute atomic E-state index is 0.121. The molecule has 0 aliphatic rings. The van der Waals surface area contributed by atoms with Crippen LogP contribution in [0.3, 0.4) is 0 Å². The summed E-state index contributed by atoms with van der Waals surface area (Å²) in [5.74, 6) is -2.43. The lowest BCUT2D eigenvalue weighted by molar-refractivity contribution is 0.0946. The molecule has 5 nitrogen and oxygen atoms in total. The third-order valence-corrected chi connectivity index (χ3v) is 2.51. The molecule has 1 heterocycles. The van der Waals surface area contributed by atoms with Gasteiger partial charge in [0, 0.05) is 13.2 Å². The van der Waals surface area contributed by atoms with Crippen molar-refractivity contribution >= 4 is 11.6 Å². The first-order chi connectivity index (χ1) is 8.97. The zero-order chi connectivity index (χ0) is 14.0. The molecular weight excluding hydrogens is 254 g/mol. The van der Waals surface area contributed by atoms with E-state index >= 15 is 0 Å². The van der Waals surface area contributed by atoms with E-state index in [4.69, 9.17) is 5.73 Å². The summed E-state index contributed by atoms with van der Waals surface area (Å²) in [5.41, 5.74) is 5.05. The molecule has 0 saturated heterocycles. The minimum atomic E-state index is -0.931. The summed E-state index contributed by atoms with van der Waals surface area (Å²) < 4.78 is 28.3. The van der Waals surface area contributed by atoms with Crippen molar-refractivity contribution in [2.24, 2.45) is 7.05 Å². The number of nitrogen functional groups attached to an aromatic ring is 1. The van der Waals surface area contributed by atoms with Gasteiger partial charge in [0.05, 0.1) is 23.5 Å². The number of aryl methyl sites for hydroxylation is 1. The molecule has 0 unspecified atom stereocenters. The molecule has 0 radical (unpaired) electrons. The van der Waals surface area contributed by atoms with E-state index in [0.29, 0.717) is 5.69 Å². The molecule has 7 heteroatoms. The molecule has 0 fully saturated rings. The number of nitrogens with two attached hydrogens (primary N) is 1. The van der Waals surface area contributed by atoms with Crippen LogP contribution in [0, 0.1) is 11.6 Å². The van der Waals surface area contributed by atoms with Gasteiger partial charge in [-0.1, -0.05) is 0 Å². The first-order valence-electron chi connectivity index (χ1n) is 5.48. The SMILES string of the molecule is Cn1ccc(CNC(=O)c2cc(F)cc(N)c2F)n1. The number of anilines is 1. The van der Waals surface area contributed by atoms with E-state index in [9.17, 15) is 13.6 Å². The smallest absolute Gasteiger partial charge is 0.254 e.